The van der Waals surface area contributed by atoms with E-state index in [0.29, 0.717) is 0 Å². The number of rotatable bonds is 4. The predicted molar refractivity (Wildman–Crippen MR) is 58.1 cm³/mol. The molecule has 0 aliphatic rings. The molecular formula is C12H9FO4. The lowest BCUT2D eigenvalue weighted by Crippen LogP contribution is -2.06. The summed E-state index contributed by atoms with van der Waals surface area (Å²) in [6, 6.07) is 3.38. The molecule has 0 atom stereocenters. The first-order chi connectivity index (χ1) is 8.06. The Morgan fingerprint density at radius 2 is 1.71 bits per heavy atom. The van der Waals surface area contributed by atoms with E-state index in [-0.39, 0.29) is 11.5 Å². The maximum absolute atomic E-state index is 13.4. The first kappa shape index (κ1) is 12.6. The number of benzene rings is 1. The molecule has 0 saturated heterocycles. The fourth-order valence-corrected chi connectivity index (χ4v) is 0.936. The highest BCUT2D eigenvalue weighted by atomic mass is 19.1. The molecule has 1 rings (SSSR count). The van der Waals surface area contributed by atoms with Crippen molar-refractivity contribution in [3.63, 3.8) is 0 Å². The first-order valence-corrected chi connectivity index (χ1v) is 4.55. The molecule has 0 aromatic heterocycles. The molecule has 0 bridgehead atoms. The molecule has 0 N–H and O–H groups in total. The van der Waals surface area contributed by atoms with Gasteiger partial charge in [-0.2, -0.15) is 0 Å². The van der Waals surface area contributed by atoms with E-state index in [4.69, 9.17) is 0 Å². The smallest absolute Gasteiger partial charge is 0.335 e. The predicted octanol–water partition coefficient (Wildman–Crippen LogP) is 2.01. The summed E-state index contributed by atoms with van der Waals surface area (Å²) in [4.78, 5) is 21.7. The highest BCUT2D eigenvalue weighted by molar-refractivity contribution is 5.84. The third-order valence-corrected chi connectivity index (χ3v) is 1.67. The van der Waals surface area contributed by atoms with Gasteiger partial charge in [-0.25, -0.2) is 14.0 Å². The zero-order valence-electron chi connectivity index (χ0n) is 8.81. The van der Waals surface area contributed by atoms with Gasteiger partial charge < -0.3 is 9.47 Å². The van der Waals surface area contributed by atoms with Gasteiger partial charge in [0, 0.05) is 18.2 Å². The lowest BCUT2D eigenvalue weighted by atomic mass is 10.3. The number of hydrogen-bond donors (Lipinski definition) is 0. The molecule has 0 spiro atoms. The maximum atomic E-state index is 13.4. The molecule has 4 nitrogen and oxygen atoms in total. The first-order valence-electron chi connectivity index (χ1n) is 4.55. The Morgan fingerprint density at radius 3 is 2.24 bits per heavy atom. The molecule has 0 aliphatic heterocycles. The second kappa shape index (κ2) is 5.60. The largest absolute Gasteiger partial charge is 0.423 e. The molecule has 0 radical (unpaired) electrons. The van der Waals surface area contributed by atoms with Crippen LogP contribution in [-0.2, 0) is 9.59 Å². The molecule has 0 unspecified atom stereocenters. The van der Waals surface area contributed by atoms with E-state index in [9.17, 15) is 14.0 Å². The fraction of sp³-hybridized carbons (Fsp3) is 0. The maximum Gasteiger partial charge on any atom is 0.335 e. The van der Waals surface area contributed by atoms with Crippen LogP contribution in [0.4, 0.5) is 4.39 Å². The normalized spacial score (nSPS) is 9.24. The number of esters is 2. The third kappa shape index (κ3) is 3.57. The summed E-state index contributed by atoms with van der Waals surface area (Å²) in [7, 11) is 0. The summed E-state index contributed by atoms with van der Waals surface area (Å²) in [5, 5.41) is 0. The Kier molecular flexibility index (Phi) is 4.16. The van der Waals surface area contributed by atoms with E-state index >= 15 is 0 Å². The Bertz CT molecular complexity index is 479. The van der Waals surface area contributed by atoms with Crippen LogP contribution in [0.3, 0.4) is 0 Å². The quantitative estimate of drug-likeness (QED) is 0.456. The fourth-order valence-electron chi connectivity index (χ4n) is 0.936. The standard InChI is InChI=1S/C12H9FO4/c1-3-11(14)16-8-5-6-10(9(13)7-8)17-12(15)4-2/h3-7H,1-2H2. The van der Waals surface area contributed by atoms with E-state index in [1.54, 1.807) is 0 Å². The van der Waals surface area contributed by atoms with Crippen molar-refractivity contribution in [2.45, 2.75) is 0 Å². The number of halogens is 1. The zero-order chi connectivity index (χ0) is 12.8. The van der Waals surface area contributed by atoms with Gasteiger partial charge in [-0.3, -0.25) is 0 Å². The van der Waals surface area contributed by atoms with E-state index < -0.39 is 17.8 Å². The second-order valence-electron chi connectivity index (χ2n) is 2.84. The van der Waals surface area contributed by atoms with E-state index in [2.05, 4.69) is 22.6 Å². The number of carbonyl (C=O) groups excluding carboxylic acids is 2. The van der Waals surface area contributed by atoms with Crippen molar-refractivity contribution in [3.8, 4) is 11.5 Å². The van der Waals surface area contributed by atoms with Crippen LogP contribution in [0.25, 0.3) is 0 Å². The lowest BCUT2D eigenvalue weighted by Gasteiger charge is -2.05. The Labute approximate surface area is 97.0 Å². The summed E-state index contributed by atoms with van der Waals surface area (Å²) in [6.07, 6.45) is 1.86. The van der Waals surface area contributed by atoms with Gasteiger partial charge in [-0.05, 0) is 12.1 Å². The Morgan fingerprint density at radius 1 is 1.12 bits per heavy atom. The molecule has 0 heterocycles. The van der Waals surface area contributed by atoms with Crippen molar-refractivity contribution in [3.05, 3.63) is 49.3 Å². The van der Waals surface area contributed by atoms with Crippen molar-refractivity contribution in [1.82, 2.24) is 0 Å². The van der Waals surface area contributed by atoms with Crippen LogP contribution in [-0.4, -0.2) is 11.9 Å². The minimum absolute atomic E-state index is 0.00852. The molecule has 0 saturated carbocycles. The van der Waals surface area contributed by atoms with Crippen LogP contribution in [0.1, 0.15) is 0 Å². The van der Waals surface area contributed by atoms with Gasteiger partial charge in [0.25, 0.3) is 0 Å². The monoisotopic (exact) mass is 236 g/mol. The highest BCUT2D eigenvalue weighted by Gasteiger charge is 2.09. The van der Waals surface area contributed by atoms with Gasteiger partial charge in [0.2, 0.25) is 0 Å². The summed E-state index contributed by atoms with van der Waals surface area (Å²) in [6.45, 7) is 6.38. The molecule has 1 aromatic carbocycles. The van der Waals surface area contributed by atoms with Gasteiger partial charge in [0.05, 0.1) is 0 Å². The summed E-state index contributed by atoms with van der Waals surface area (Å²) >= 11 is 0. The van der Waals surface area contributed by atoms with Crippen molar-refractivity contribution in [1.29, 1.82) is 0 Å². The van der Waals surface area contributed by atoms with Gasteiger partial charge in [-0.15, -0.1) is 0 Å². The molecular weight excluding hydrogens is 227 g/mol. The van der Waals surface area contributed by atoms with E-state index in [1.165, 1.54) is 12.1 Å². The topological polar surface area (TPSA) is 52.6 Å². The minimum atomic E-state index is -0.824. The number of carbonyl (C=O) groups is 2. The van der Waals surface area contributed by atoms with Crippen LogP contribution in [0.2, 0.25) is 0 Å². The molecule has 17 heavy (non-hydrogen) atoms. The van der Waals surface area contributed by atoms with Crippen LogP contribution < -0.4 is 9.47 Å². The zero-order valence-corrected chi connectivity index (χ0v) is 8.81. The van der Waals surface area contributed by atoms with Gasteiger partial charge in [-0.1, -0.05) is 13.2 Å². The molecule has 88 valence electrons. The Hall–Kier alpha value is -2.43. The summed E-state index contributed by atoms with van der Waals surface area (Å²) < 4.78 is 22.6. The van der Waals surface area contributed by atoms with E-state index in [0.717, 1.165) is 18.2 Å². The molecule has 1 aromatic rings. The molecule has 5 heteroatoms. The molecule has 0 aliphatic carbocycles. The number of ether oxygens (including phenoxy) is 2. The van der Waals surface area contributed by atoms with E-state index in [1.807, 2.05) is 0 Å². The Balaban J connectivity index is 2.85. The second-order valence-corrected chi connectivity index (χ2v) is 2.84. The highest BCUT2D eigenvalue weighted by Crippen LogP contribution is 2.22. The van der Waals surface area contributed by atoms with Crippen molar-refractivity contribution >= 4 is 11.9 Å². The van der Waals surface area contributed by atoms with Crippen LogP contribution in [0.15, 0.2) is 43.5 Å². The van der Waals surface area contributed by atoms with Crippen LogP contribution >= 0.6 is 0 Å². The minimum Gasteiger partial charge on any atom is -0.423 e. The average Bonchev–Trinajstić information content (AvgIpc) is 2.32. The van der Waals surface area contributed by atoms with Crippen molar-refractivity contribution in [2.24, 2.45) is 0 Å². The molecule has 0 amide bonds. The lowest BCUT2D eigenvalue weighted by molar-refractivity contribution is -0.130. The number of hydrogen-bond acceptors (Lipinski definition) is 4. The third-order valence-electron chi connectivity index (χ3n) is 1.67. The summed E-state index contributed by atoms with van der Waals surface area (Å²) in [5.74, 6) is -2.59. The van der Waals surface area contributed by atoms with Crippen LogP contribution in [0, 0.1) is 5.82 Å². The SMILES string of the molecule is C=CC(=O)Oc1ccc(OC(=O)C=C)c(F)c1. The van der Waals surface area contributed by atoms with Crippen molar-refractivity contribution in [2.75, 3.05) is 0 Å². The van der Waals surface area contributed by atoms with Crippen molar-refractivity contribution < 1.29 is 23.5 Å². The van der Waals surface area contributed by atoms with Gasteiger partial charge >= 0.3 is 11.9 Å². The average molecular weight is 236 g/mol. The van der Waals surface area contributed by atoms with Crippen LogP contribution in [0.5, 0.6) is 11.5 Å². The van der Waals surface area contributed by atoms with Gasteiger partial charge in [0.1, 0.15) is 5.75 Å². The molecule has 0 fully saturated rings. The summed E-state index contributed by atoms with van der Waals surface area (Å²) in [5.41, 5.74) is 0. The van der Waals surface area contributed by atoms with Gasteiger partial charge in [0.15, 0.2) is 11.6 Å².